The number of aromatic nitrogens is 1. The molecule has 172 valence electrons. The summed E-state index contributed by atoms with van der Waals surface area (Å²) in [5, 5.41) is 8.08. The molecular weight excluding hydrogens is 432 g/mol. The summed E-state index contributed by atoms with van der Waals surface area (Å²) in [6, 6.07) is 12.9. The summed E-state index contributed by atoms with van der Waals surface area (Å²) in [4.78, 5) is 28.2. The number of hydrogen-bond donors (Lipinski definition) is 1. The first-order valence-electron chi connectivity index (χ1n) is 10.5. The predicted molar refractivity (Wildman–Crippen MR) is 125 cm³/mol. The van der Waals surface area contributed by atoms with Crippen molar-refractivity contribution in [2.24, 2.45) is 0 Å². The van der Waals surface area contributed by atoms with Gasteiger partial charge in [0, 0.05) is 24.1 Å². The fourth-order valence-electron chi connectivity index (χ4n) is 3.01. The fourth-order valence-corrected chi connectivity index (χ4v) is 3.13. The van der Waals surface area contributed by atoms with Gasteiger partial charge in [-0.05, 0) is 62.0 Å². The third-order valence-corrected chi connectivity index (χ3v) is 5.15. The van der Waals surface area contributed by atoms with Crippen molar-refractivity contribution in [2.45, 2.75) is 33.6 Å². The van der Waals surface area contributed by atoms with E-state index in [1.807, 2.05) is 37.3 Å². The monoisotopic (exact) mass is 460 g/mol. The van der Waals surface area contributed by atoms with Crippen LogP contribution in [0.1, 0.15) is 39.2 Å². The Kier molecular flexibility index (Phi) is 9.68. The number of fused-ring (bicyclic) bond motifs is 1. The topological polar surface area (TPSA) is 92.9 Å². The molecule has 0 bridgehead atoms. The highest BCUT2D eigenvalue weighted by atomic mass is 35.5. The molecule has 0 saturated carbocycles. The highest BCUT2D eigenvalue weighted by Crippen LogP contribution is 2.28. The van der Waals surface area contributed by atoms with Gasteiger partial charge in [0.25, 0.3) is 5.97 Å². The molecule has 3 aromatic rings. The molecule has 0 fully saturated rings. The van der Waals surface area contributed by atoms with Gasteiger partial charge in [0.1, 0.15) is 12.1 Å². The maximum Gasteiger partial charge on any atom is 0.313 e. The van der Waals surface area contributed by atoms with Crippen molar-refractivity contribution in [3.63, 3.8) is 0 Å². The fraction of sp³-hybridized carbons (Fsp3) is 0.375. The molecule has 3 rings (SSSR count). The summed E-state index contributed by atoms with van der Waals surface area (Å²) >= 11 is 5.94. The van der Waals surface area contributed by atoms with Crippen LogP contribution in [0.15, 0.2) is 46.9 Å². The van der Waals surface area contributed by atoms with Gasteiger partial charge in [-0.3, -0.25) is 9.59 Å². The van der Waals surface area contributed by atoms with E-state index in [1.54, 1.807) is 12.1 Å². The first kappa shape index (κ1) is 25.4. The van der Waals surface area contributed by atoms with Gasteiger partial charge in [-0.25, -0.2) is 4.98 Å². The molecule has 0 saturated heterocycles. The highest BCUT2D eigenvalue weighted by Gasteiger charge is 2.19. The number of carboxylic acid groups (broad SMARTS) is 1. The van der Waals surface area contributed by atoms with E-state index in [0.29, 0.717) is 28.6 Å². The molecular formula is C24H29ClN2O5. The maximum atomic E-state index is 12.4. The van der Waals surface area contributed by atoms with Crippen molar-refractivity contribution in [1.29, 1.82) is 0 Å². The molecule has 8 heteroatoms. The molecule has 1 N–H and O–H groups in total. The number of carboxylic acids is 1. The van der Waals surface area contributed by atoms with Gasteiger partial charge >= 0.3 is 5.97 Å². The zero-order valence-corrected chi connectivity index (χ0v) is 19.6. The van der Waals surface area contributed by atoms with Crippen LogP contribution in [-0.4, -0.2) is 53.2 Å². The van der Waals surface area contributed by atoms with Gasteiger partial charge in [0.05, 0.1) is 5.92 Å². The number of likely N-dealkylation sites (N-methyl/N-ethyl adjacent to an activating group) is 1. The summed E-state index contributed by atoms with van der Waals surface area (Å²) in [5.41, 5.74) is 3.10. The van der Waals surface area contributed by atoms with Crippen LogP contribution in [0.4, 0.5) is 0 Å². The van der Waals surface area contributed by atoms with E-state index in [-0.39, 0.29) is 11.9 Å². The van der Waals surface area contributed by atoms with Crippen LogP contribution < -0.4 is 0 Å². The Labute approximate surface area is 192 Å². The van der Waals surface area contributed by atoms with E-state index >= 15 is 0 Å². The second kappa shape index (κ2) is 12.2. The quantitative estimate of drug-likeness (QED) is 0.460. The molecule has 0 aliphatic rings. The van der Waals surface area contributed by atoms with Crippen LogP contribution in [-0.2, 0) is 14.3 Å². The summed E-state index contributed by atoms with van der Waals surface area (Å²) in [6.07, 6.45) is 0. The first-order valence-corrected chi connectivity index (χ1v) is 10.9. The standard InChI is InChI=1S/C22H25ClN2O3.C2H4O2/c1-4-25(5-2)12-13-27-22(26)15(3)17-8-11-20-19(14-17)24-21(28-20)16-6-9-18(23)10-7-16;1-2(3)4/h6-11,14-15H,4-5,12-13H2,1-3H3;1H3,(H,3,4). The number of carbonyl (C=O) groups is 2. The SMILES string of the molecule is CC(=O)O.CCN(CC)CCOC(=O)C(C)c1ccc2oc(-c3ccc(Cl)cc3)nc2c1. The summed E-state index contributed by atoms with van der Waals surface area (Å²) < 4.78 is 11.3. The first-order chi connectivity index (χ1) is 15.2. The van der Waals surface area contributed by atoms with Crippen LogP contribution in [0.5, 0.6) is 0 Å². The molecule has 0 radical (unpaired) electrons. The van der Waals surface area contributed by atoms with Crippen molar-refractivity contribution < 1.29 is 23.8 Å². The van der Waals surface area contributed by atoms with Crippen LogP contribution in [0.2, 0.25) is 5.02 Å². The van der Waals surface area contributed by atoms with Crippen LogP contribution in [0.3, 0.4) is 0 Å². The average Bonchev–Trinajstić information content (AvgIpc) is 3.19. The molecule has 1 aromatic heterocycles. The van der Waals surface area contributed by atoms with Crippen molar-refractivity contribution in [1.82, 2.24) is 9.88 Å². The van der Waals surface area contributed by atoms with Gasteiger partial charge in [0.15, 0.2) is 5.58 Å². The van der Waals surface area contributed by atoms with Crippen molar-refractivity contribution in [2.75, 3.05) is 26.2 Å². The number of ether oxygens (including phenoxy) is 1. The lowest BCUT2D eigenvalue weighted by Gasteiger charge is -2.18. The second-order valence-electron chi connectivity index (χ2n) is 7.19. The number of benzene rings is 2. The van der Waals surface area contributed by atoms with Crippen molar-refractivity contribution in [3.8, 4) is 11.5 Å². The highest BCUT2D eigenvalue weighted by molar-refractivity contribution is 6.30. The number of halogens is 1. The molecule has 0 aliphatic carbocycles. The lowest BCUT2D eigenvalue weighted by molar-refractivity contribution is -0.145. The molecule has 0 aliphatic heterocycles. The molecule has 0 spiro atoms. The van der Waals surface area contributed by atoms with Crippen LogP contribution in [0.25, 0.3) is 22.6 Å². The predicted octanol–water partition coefficient (Wildman–Crippen LogP) is 5.23. The minimum absolute atomic E-state index is 0.229. The van der Waals surface area contributed by atoms with E-state index in [2.05, 4.69) is 23.7 Å². The summed E-state index contributed by atoms with van der Waals surface area (Å²) in [5.74, 6) is -0.900. The maximum absolute atomic E-state index is 12.4. The zero-order chi connectivity index (χ0) is 23.7. The number of oxazole rings is 1. The van der Waals surface area contributed by atoms with E-state index < -0.39 is 5.97 Å². The molecule has 2 aromatic carbocycles. The van der Waals surface area contributed by atoms with Gasteiger partial charge in [0.2, 0.25) is 5.89 Å². The minimum atomic E-state index is -0.833. The number of nitrogens with zero attached hydrogens (tertiary/aromatic N) is 2. The second-order valence-corrected chi connectivity index (χ2v) is 7.62. The van der Waals surface area contributed by atoms with Crippen LogP contribution >= 0.6 is 11.6 Å². The number of hydrogen-bond acceptors (Lipinski definition) is 6. The summed E-state index contributed by atoms with van der Waals surface area (Å²) in [7, 11) is 0. The lowest BCUT2D eigenvalue weighted by atomic mass is 10.0. The number of carbonyl (C=O) groups excluding carboxylic acids is 1. The Morgan fingerprint density at radius 2 is 1.78 bits per heavy atom. The Balaban J connectivity index is 0.000000837. The molecule has 1 unspecified atom stereocenters. The molecule has 1 heterocycles. The summed E-state index contributed by atoms with van der Waals surface area (Å²) in [6.45, 7) is 10.2. The van der Waals surface area contributed by atoms with Gasteiger partial charge < -0.3 is 19.2 Å². The third-order valence-electron chi connectivity index (χ3n) is 4.90. The number of rotatable bonds is 8. The van der Waals surface area contributed by atoms with Gasteiger partial charge in [-0.15, -0.1) is 0 Å². The number of aliphatic carboxylic acids is 1. The zero-order valence-electron chi connectivity index (χ0n) is 18.8. The van der Waals surface area contributed by atoms with Gasteiger partial charge in [-0.2, -0.15) is 0 Å². The average molecular weight is 461 g/mol. The van der Waals surface area contributed by atoms with E-state index in [9.17, 15) is 4.79 Å². The van der Waals surface area contributed by atoms with Gasteiger partial charge in [-0.1, -0.05) is 31.5 Å². The molecule has 1 atom stereocenters. The van der Waals surface area contributed by atoms with Crippen molar-refractivity contribution in [3.05, 3.63) is 53.1 Å². The Morgan fingerprint density at radius 1 is 1.16 bits per heavy atom. The Hall–Kier alpha value is -2.90. The van der Waals surface area contributed by atoms with Crippen LogP contribution in [0, 0.1) is 0 Å². The lowest BCUT2D eigenvalue weighted by Crippen LogP contribution is -2.28. The normalized spacial score (nSPS) is 11.7. The van der Waals surface area contributed by atoms with E-state index in [0.717, 1.165) is 37.7 Å². The smallest absolute Gasteiger partial charge is 0.313 e. The Bertz CT molecular complexity index is 1020. The molecule has 7 nitrogen and oxygen atoms in total. The Morgan fingerprint density at radius 3 is 2.38 bits per heavy atom. The molecule has 0 amide bonds. The number of esters is 1. The van der Waals surface area contributed by atoms with E-state index in [1.165, 1.54) is 0 Å². The largest absolute Gasteiger partial charge is 0.481 e. The molecule has 32 heavy (non-hydrogen) atoms. The minimum Gasteiger partial charge on any atom is -0.481 e. The van der Waals surface area contributed by atoms with E-state index in [4.69, 9.17) is 30.7 Å². The van der Waals surface area contributed by atoms with Crippen molar-refractivity contribution >= 4 is 34.6 Å². The third kappa shape index (κ3) is 7.35.